The van der Waals surface area contributed by atoms with Crippen molar-refractivity contribution in [2.75, 3.05) is 10.6 Å². The fraction of sp³-hybridized carbons (Fsp3) is 0. The highest BCUT2D eigenvalue weighted by Gasteiger charge is 2.17. The van der Waals surface area contributed by atoms with E-state index in [1.165, 1.54) is 6.20 Å². The van der Waals surface area contributed by atoms with Gasteiger partial charge in [-0.15, -0.1) is 0 Å². The van der Waals surface area contributed by atoms with Crippen LogP contribution in [0.25, 0.3) is 16.9 Å². The Morgan fingerprint density at radius 2 is 1.68 bits per heavy atom. The van der Waals surface area contributed by atoms with Crippen LogP contribution in [0.4, 0.5) is 11.5 Å². The van der Waals surface area contributed by atoms with Gasteiger partial charge in [0.05, 0.1) is 11.9 Å². The summed E-state index contributed by atoms with van der Waals surface area (Å²) in [6, 6.07) is 21.7. The van der Waals surface area contributed by atoms with Crippen molar-refractivity contribution in [1.82, 2.24) is 19.6 Å². The normalized spacial score (nSPS) is 10.7. The van der Waals surface area contributed by atoms with Gasteiger partial charge in [0.1, 0.15) is 11.4 Å². The zero-order chi connectivity index (χ0) is 23.5. The Bertz CT molecular complexity index is 1500. The van der Waals surface area contributed by atoms with Crippen LogP contribution in [0.3, 0.4) is 0 Å². The van der Waals surface area contributed by atoms with Crippen LogP contribution in [-0.2, 0) is 0 Å². The molecule has 2 N–H and O–H groups in total. The molecular weight excluding hydrogens is 496 g/mol. The second-order valence-electron chi connectivity index (χ2n) is 7.34. The van der Waals surface area contributed by atoms with E-state index in [4.69, 9.17) is 0 Å². The van der Waals surface area contributed by atoms with E-state index in [1.807, 2.05) is 36.4 Å². The van der Waals surface area contributed by atoms with Gasteiger partial charge in [-0.2, -0.15) is 5.10 Å². The SMILES string of the molecule is O=C(Nc1ccc(Br)cn1)c1cccc(NC(=O)c2cnn3c(-c4ccccc4)ccnc23)c1. The number of aromatic nitrogens is 4. The summed E-state index contributed by atoms with van der Waals surface area (Å²) in [7, 11) is 0. The van der Waals surface area contributed by atoms with Gasteiger partial charge in [0.25, 0.3) is 11.8 Å². The minimum absolute atomic E-state index is 0.326. The minimum Gasteiger partial charge on any atom is -0.322 e. The molecule has 166 valence electrons. The molecular formula is C25H17BrN6O2. The van der Waals surface area contributed by atoms with E-state index in [0.29, 0.717) is 28.3 Å². The van der Waals surface area contributed by atoms with Crippen LogP contribution in [0.5, 0.6) is 0 Å². The van der Waals surface area contributed by atoms with Crippen LogP contribution < -0.4 is 10.6 Å². The Labute approximate surface area is 202 Å². The van der Waals surface area contributed by atoms with E-state index in [1.54, 1.807) is 53.3 Å². The molecule has 0 aliphatic rings. The first-order chi connectivity index (χ1) is 16.6. The summed E-state index contributed by atoms with van der Waals surface area (Å²) in [4.78, 5) is 34.1. The summed E-state index contributed by atoms with van der Waals surface area (Å²) in [5.41, 5.74) is 3.40. The monoisotopic (exact) mass is 512 g/mol. The van der Waals surface area contributed by atoms with Gasteiger partial charge in [-0.25, -0.2) is 14.5 Å². The van der Waals surface area contributed by atoms with Gasteiger partial charge >= 0.3 is 0 Å². The molecule has 9 heteroatoms. The van der Waals surface area contributed by atoms with Gasteiger partial charge < -0.3 is 10.6 Å². The third-order valence-electron chi connectivity index (χ3n) is 5.07. The second kappa shape index (κ2) is 9.24. The molecule has 0 saturated heterocycles. The second-order valence-corrected chi connectivity index (χ2v) is 8.26. The van der Waals surface area contributed by atoms with Crippen LogP contribution in [0.1, 0.15) is 20.7 Å². The van der Waals surface area contributed by atoms with Gasteiger partial charge in [-0.1, -0.05) is 36.4 Å². The molecule has 5 aromatic rings. The molecule has 0 aliphatic carbocycles. The number of rotatable bonds is 5. The van der Waals surface area contributed by atoms with E-state index < -0.39 is 0 Å². The molecule has 0 atom stereocenters. The largest absolute Gasteiger partial charge is 0.322 e. The van der Waals surface area contributed by atoms with Crippen molar-refractivity contribution in [3.8, 4) is 11.3 Å². The summed E-state index contributed by atoms with van der Waals surface area (Å²) in [6.07, 6.45) is 4.73. The average molecular weight is 513 g/mol. The quantitative estimate of drug-likeness (QED) is 0.342. The van der Waals surface area contributed by atoms with Crippen LogP contribution in [-0.4, -0.2) is 31.4 Å². The lowest BCUT2D eigenvalue weighted by molar-refractivity contribution is 0.101. The molecule has 3 aromatic heterocycles. The van der Waals surface area contributed by atoms with Crippen LogP contribution >= 0.6 is 15.9 Å². The molecule has 34 heavy (non-hydrogen) atoms. The first-order valence-electron chi connectivity index (χ1n) is 10.3. The number of fused-ring (bicyclic) bond motifs is 1. The number of amides is 2. The summed E-state index contributed by atoms with van der Waals surface area (Å²) in [6.45, 7) is 0. The van der Waals surface area contributed by atoms with Crippen molar-refractivity contribution in [2.24, 2.45) is 0 Å². The van der Waals surface area contributed by atoms with Gasteiger partial charge in [0.2, 0.25) is 0 Å². The number of hydrogen-bond donors (Lipinski definition) is 2. The predicted octanol–water partition coefficient (Wildman–Crippen LogP) is 5.06. The summed E-state index contributed by atoms with van der Waals surface area (Å²) < 4.78 is 2.45. The Kier molecular flexibility index (Phi) is 5.84. The Morgan fingerprint density at radius 3 is 2.47 bits per heavy atom. The Balaban J connectivity index is 1.37. The number of pyridine rings is 1. The topological polar surface area (TPSA) is 101 Å². The van der Waals surface area contributed by atoms with E-state index in [9.17, 15) is 9.59 Å². The van der Waals surface area contributed by atoms with Crippen molar-refractivity contribution in [1.29, 1.82) is 0 Å². The van der Waals surface area contributed by atoms with Crippen molar-refractivity contribution < 1.29 is 9.59 Å². The Morgan fingerprint density at radius 1 is 0.824 bits per heavy atom. The summed E-state index contributed by atoms with van der Waals surface area (Å²) in [5, 5.41) is 9.94. The van der Waals surface area contributed by atoms with E-state index in [2.05, 4.69) is 41.6 Å². The number of halogens is 1. The van der Waals surface area contributed by atoms with Crippen LogP contribution in [0.15, 0.2) is 95.9 Å². The molecule has 0 bridgehead atoms. The number of anilines is 2. The lowest BCUT2D eigenvalue weighted by atomic mass is 10.1. The highest BCUT2D eigenvalue weighted by atomic mass is 79.9. The first-order valence-corrected chi connectivity index (χ1v) is 11.1. The number of carbonyl (C=O) groups is 2. The number of nitrogens with one attached hydrogen (secondary N) is 2. The first kappa shape index (κ1) is 21.5. The molecule has 0 unspecified atom stereocenters. The molecule has 8 nitrogen and oxygen atoms in total. The number of benzene rings is 2. The van der Waals surface area contributed by atoms with Crippen molar-refractivity contribution in [3.05, 3.63) is 107 Å². The van der Waals surface area contributed by atoms with Crippen molar-refractivity contribution in [2.45, 2.75) is 0 Å². The number of nitrogens with zero attached hydrogens (tertiary/aromatic N) is 4. The summed E-state index contributed by atoms with van der Waals surface area (Å²) in [5.74, 6) is -0.287. The van der Waals surface area contributed by atoms with Gasteiger partial charge in [-0.3, -0.25) is 9.59 Å². The zero-order valence-corrected chi connectivity index (χ0v) is 19.2. The average Bonchev–Trinajstić information content (AvgIpc) is 3.31. The van der Waals surface area contributed by atoms with E-state index >= 15 is 0 Å². The maximum absolute atomic E-state index is 13.0. The fourth-order valence-corrected chi connectivity index (χ4v) is 3.69. The smallest absolute Gasteiger partial charge is 0.261 e. The maximum atomic E-state index is 13.0. The maximum Gasteiger partial charge on any atom is 0.261 e. The molecule has 2 aromatic carbocycles. The Hall–Kier alpha value is -4.37. The molecule has 0 spiro atoms. The van der Waals surface area contributed by atoms with E-state index in [-0.39, 0.29) is 11.8 Å². The van der Waals surface area contributed by atoms with Gasteiger partial charge in [0, 0.05) is 33.7 Å². The third kappa shape index (κ3) is 4.41. The predicted molar refractivity (Wildman–Crippen MR) is 133 cm³/mol. The lowest BCUT2D eigenvalue weighted by Crippen LogP contribution is -2.15. The third-order valence-corrected chi connectivity index (χ3v) is 5.54. The molecule has 5 rings (SSSR count). The van der Waals surface area contributed by atoms with Gasteiger partial charge in [0.15, 0.2) is 5.65 Å². The minimum atomic E-state index is -0.375. The van der Waals surface area contributed by atoms with Crippen LogP contribution in [0.2, 0.25) is 0 Å². The molecule has 0 radical (unpaired) electrons. The van der Waals surface area contributed by atoms with Crippen molar-refractivity contribution in [3.63, 3.8) is 0 Å². The molecule has 3 heterocycles. The molecule has 0 saturated carbocycles. The standard InChI is InChI=1S/C25H17BrN6O2/c26-18-9-10-22(28-14-18)31-24(33)17-7-4-8-19(13-17)30-25(34)20-15-29-32-21(11-12-27-23(20)32)16-5-2-1-3-6-16/h1-15H,(H,30,34)(H,28,31,33). The van der Waals surface area contributed by atoms with E-state index in [0.717, 1.165) is 15.7 Å². The number of hydrogen-bond acceptors (Lipinski definition) is 5. The molecule has 0 aliphatic heterocycles. The highest BCUT2D eigenvalue weighted by Crippen LogP contribution is 2.22. The molecule has 2 amide bonds. The fourth-order valence-electron chi connectivity index (χ4n) is 3.45. The highest BCUT2D eigenvalue weighted by molar-refractivity contribution is 9.10. The summed E-state index contributed by atoms with van der Waals surface area (Å²) >= 11 is 3.31. The molecule has 0 fully saturated rings. The zero-order valence-electron chi connectivity index (χ0n) is 17.6. The van der Waals surface area contributed by atoms with Crippen molar-refractivity contribution >= 4 is 44.9 Å². The van der Waals surface area contributed by atoms with Gasteiger partial charge in [-0.05, 0) is 52.3 Å². The lowest BCUT2D eigenvalue weighted by Gasteiger charge is -2.08. The van der Waals surface area contributed by atoms with Crippen LogP contribution in [0, 0.1) is 0 Å². The number of carbonyl (C=O) groups excluding carboxylic acids is 2.